The van der Waals surface area contributed by atoms with Gasteiger partial charge in [-0.2, -0.15) is 0 Å². The Morgan fingerprint density at radius 2 is 1.77 bits per heavy atom. The number of carbonyl (C=O) groups excluding carboxylic acids is 1. The first-order chi connectivity index (χ1) is 16.7. The fourth-order valence-corrected chi connectivity index (χ4v) is 4.52. The fourth-order valence-electron chi connectivity index (χ4n) is 4.01. The van der Waals surface area contributed by atoms with Crippen LogP contribution >= 0.6 is 12.2 Å². The summed E-state index contributed by atoms with van der Waals surface area (Å²) in [4.78, 5) is 19.3. The predicted molar refractivity (Wildman–Crippen MR) is 135 cm³/mol. The van der Waals surface area contributed by atoms with Gasteiger partial charge in [0.05, 0.1) is 18.9 Å². The van der Waals surface area contributed by atoms with Gasteiger partial charge in [0.2, 0.25) is 5.69 Å². The van der Waals surface area contributed by atoms with Crippen molar-refractivity contribution in [2.24, 2.45) is 0 Å². The third-order valence-electron chi connectivity index (χ3n) is 5.95. The molecule has 0 atom stereocenters. The molecule has 1 heterocycles. The van der Waals surface area contributed by atoms with Gasteiger partial charge in [0.15, 0.2) is 5.11 Å². The van der Waals surface area contributed by atoms with Crippen LogP contribution < -0.4 is 9.64 Å². The third kappa shape index (κ3) is 4.73. The molecular formula is C27H23F2N3O2S. The minimum absolute atomic E-state index is 0.118. The second-order valence-electron chi connectivity index (χ2n) is 8.59. The molecule has 1 aliphatic rings. The van der Waals surface area contributed by atoms with E-state index in [2.05, 4.69) is 4.85 Å². The van der Waals surface area contributed by atoms with Gasteiger partial charge in [-0.1, -0.05) is 36.4 Å². The summed E-state index contributed by atoms with van der Waals surface area (Å²) >= 11 is 5.55. The van der Waals surface area contributed by atoms with Crippen molar-refractivity contribution in [3.05, 3.63) is 89.8 Å². The van der Waals surface area contributed by atoms with E-state index in [0.717, 1.165) is 11.6 Å². The van der Waals surface area contributed by atoms with Crippen molar-refractivity contribution >= 4 is 34.6 Å². The summed E-state index contributed by atoms with van der Waals surface area (Å²) in [5, 5.41) is 0.258. The second-order valence-corrected chi connectivity index (χ2v) is 8.96. The molecule has 1 amide bonds. The topological polar surface area (TPSA) is 37.1 Å². The molecule has 3 aromatic rings. The Kier molecular flexibility index (Phi) is 6.81. The highest BCUT2D eigenvalue weighted by atomic mass is 32.1. The summed E-state index contributed by atoms with van der Waals surface area (Å²) < 4.78 is 34.5. The average Bonchev–Trinajstić information content (AvgIpc) is 3.01. The minimum Gasteiger partial charge on any atom is -0.493 e. The number of hydrogen-bond donors (Lipinski definition) is 0. The maximum atomic E-state index is 14.6. The summed E-state index contributed by atoms with van der Waals surface area (Å²) in [5.41, 5.74) is 0.523. The number of rotatable bonds is 7. The van der Waals surface area contributed by atoms with Crippen LogP contribution in [-0.2, 0) is 4.79 Å². The Balaban J connectivity index is 1.39. The number of hydrogen-bond acceptors (Lipinski definition) is 3. The van der Waals surface area contributed by atoms with Crippen LogP contribution in [0.1, 0.15) is 20.3 Å². The molecule has 0 radical (unpaired) electrons. The highest BCUT2D eigenvalue weighted by Crippen LogP contribution is 2.34. The minimum atomic E-state index is -0.935. The predicted octanol–water partition coefficient (Wildman–Crippen LogP) is 6.36. The highest BCUT2D eigenvalue weighted by molar-refractivity contribution is 7.80. The third-order valence-corrected chi connectivity index (χ3v) is 6.36. The van der Waals surface area contributed by atoms with E-state index in [1.807, 2.05) is 30.3 Å². The first-order valence-corrected chi connectivity index (χ1v) is 11.5. The van der Waals surface area contributed by atoms with Gasteiger partial charge in [0.1, 0.15) is 22.9 Å². The summed E-state index contributed by atoms with van der Waals surface area (Å²) in [6.45, 7) is 11.2. The van der Waals surface area contributed by atoms with E-state index in [1.165, 1.54) is 23.1 Å². The van der Waals surface area contributed by atoms with E-state index in [-0.39, 0.29) is 28.2 Å². The lowest BCUT2D eigenvalue weighted by Gasteiger charge is -2.29. The number of anilines is 1. The van der Waals surface area contributed by atoms with Crippen LogP contribution in [0.15, 0.2) is 66.7 Å². The van der Waals surface area contributed by atoms with Crippen LogP contribution in [-0.4, -0.2) is 34.6 Å². The van der Waals surface area contributed by atoms with Gasteiger partial charge in [-0.05, 0) is 62.3 Å². The SMILES string of the molecule is [C-]#[N+]c1ccc(N2C(=O)C(C)(C)N(CCCOc3ccc(-c4ccccc4)c(F)c3)C2=S)cc1F. The Labute approximate surface area is 208 Å². The van der Waals surface area contributed by atoms with Gasteiger partial charge >= 0.3 is 0 Å². The van der Waals surface area contributed by atoms with Crippen molar-refractivity contribution in [3.8, 4) is 16.9 Å². The number of halogens is 2. The van der Waals surface area contributed by atoms with Crippen LogP contribution in [0.25, 0.3) is 16.0 Å². The van der Waals surface area contributed by atoms with E-state index in [4.69, 9.17) is 23.5 Å². The van der Waals surface area contributed by atoms with E-state index in [0.29, 0.717) is 30.9 Å². The second kappa shape index (κ2) is 9.80. The van der Waals surface area contributed by atoms with E-state index in [1.54, 1.807) is 30.9 Å². The van der Waals surface area contributed by atoms with Gasteiger partial charge < -0.3 is 9.64 Å². The zero-order valence-electron chi connectivity index (χ0n) is 19.3. The van der Waals surface area contributed by atoms with Crippen molar-refractivity contribution in [2.75, 3.05) is 18.1 Å². The smallest absolute Gasteiger partial charge is 0.258 e. The molecule has 1 saturated heterocycles. The molecule has 1 aliphatic heterocycles. The zero-order chi connectivity index (χ0) is 25.2. The molecule has 0 aromatic heterocycles. The Hall–Kier alpha value is -3.83. The van der Waals surface area contributed by atoms with Crippen molar-refractivity contribution in [1.29, 1.82) is 0 Å². The molecule has 0 bridgehead atoms. The van der Waals surface area contributed by atoms with Crippen LogP contribution in [0.4, 0.5) is 20.2 Å². The monoisotopic (exact) mass is 491 g/mol. The van der Waals surface area contributed by atoms with Gasteiger partial charge in [-0.15, -0.1) is 0 Å². The van der Waals surface area contributed by atoms with Crippen LogP contribution in [0.3, 0.4) is 0 Å². The molecule has 4 rings (SSSR count). The summed E-state index contributed by atoms with van der Waals surface area (Å²) in [6, 6.07) is 18.0. The Bertz CT molecular complexity index is 1320. The van der Waals surface area contributed by atoms with Gasteiger partial charge in [0, 0.05) is 18.2 Å². The van der Waals surface area contributed by atoms with Crippen LogP contribution in [0.5, 0.6) is 5.75 Å². The first kappa shape index (κ1) is 24.3. The Morgan fingerprint density at radius 1 is 1.03 bits per heavy atom. The van der Waals surface area contributed by atoms with E-state index >= 15 is 0 Å². The normalized spacial score (nSPS) is 14.8. The van der Waals surface area contributed by atoms with Crippen molar-refractivity contribution in [3.63, 3.8) is 0 Å². The molecule has 3 aromatic carbocycles. The van der Waals surface area contributed by atoms with Crippen molar-refractivity contribution in [1.82, 2.24) is 4.90 Å². The zero-order valence-corrected chi connectivity index (χ0v) is 20.1. The summed E-state index contributed by atoms with van der Waals surface area (Å²) in [7, 11) is 0. The molecule has 1 fully saturated rings. The molecule has 0 aliphatic carbocycles. The molecule has 178 valence electrons. The number of benzene rings is 3. The van der Waals surface area contributed by atoms with Gasteiger partial charge in [-0.25, -0.2) is 13.6 Å². The molecule has 0 spiro atoms. The van der Waals surface area contributed by atoms with Crippen molar-refractivity contribution in [2.45, 2.75) is 25.8 Å². The number of thiocarbonyl (C=S) groups is 1. The Morgan fingerprint density at radius 3 is 2.43 bits per heavy atom. The lowest BCUT2D eigenvalue weighted by atomic mass is 10.0. The fraction of sp³-hybridized carbons (Fsp3) is 0.222. The summed E-state index contributed by atoms with van der Waals surface area (Å²) in [5.74, 6) is -0.938. The van der Waals surface area contributed by atoms with Crippen LogP contribution in [0, 0.1) is 18.2 Å². The molecule has 0 N–H and O–H groups in total. The molecule has 5 nitrogen and oxygen atoms in total. The lowest BCUT2D eigenvalue weighted by Crippen LogP contribution is -2.44. The molecular weight excluding hydrogens is 468 g/mol. The number of nitrogens with zero attached hydrogens (tertiary/aromatic N) is 3. The van der Waals surface area contributed by atoms with Crippen molar-refractivity contribution < 1.29 is 18.3 Å². The molecule has 0 saturated carbocycles. The van der Waals surface area contributed by atoms with Crippen LogP contribution in [0.2, 0.25) is 0 Å². The molecule has 8 heteroatoms. The number of amides is 1. The average molecular weight is 492 g/mol. The van der Waals surface area contributed by atoms with E-state index in [9.17, 15) is 13.6 Å². The van der Waals surface area contributed by atoms with E-state index < -0.39 is 11.4 Å². The maximum Gasteiger partial charge on any atom is 0.258 e. The van der Waals surface area contributed by atoms with Gasteiger partial charge in [0.25, 0.3) is 5.91 Å². The largest absolute Gasteiger partial charge is 0.493 e. The quantitative estimate of drug-likeness (QED) is 0.219. The number of carbonyl (C=O) groups is 1. The maximum absolute atomic E-state index is 14.6. The highest BCUT2D eigenvalue weighted by Gasteiger charge is 2.49. The summed E-state index contributed by atoms with van der Waals surface area (Å²) in [6.07, 6.45) is 0.526. The standard InChI is InChI=1S/C27H23F2N3O2S/c1-27(2)25(33)32(19-10-13-24(30-3)23(29)16-19)26(35)31(27)14-7-15-34-20-11-12-21(22(28)17-20)18-8-5-4-6-9-18/h4-6,8-13,16-17H,7,14-15H2,1-2H3. The molecule has 0 unspecified atom stereocenters. The number of ether oxygens (including phenoxy) is 1. The lowest BCUT2D eigenvalue weighted by molar-refractivity contribution is -0.123. The van der Waals surface area contributed by atoms with Gasteiger partial charge in [-0.3, -0.25) is 9.69 Å². The first-order valence-electron chi connectivity index (χ1n) is 11.0. The molecule has 35 heavy (non-hydrogen) atoms.